The second-order valence-corrected chi connectivity index (χ2v) is 7.68. The SMILES string of the molecule is Cc1nc2c3ccccc3nc(SC(C)C(=O)NC(=O)Nc3ccccc3)n2n1. The third kappa shape index (κ3) is 4.04. The number of para-hydroxylation sites is 2. The number of anilines is 1. The number of hydrogen-bond acceptors (Lipinski definition) is 6. The van der Waals surface area contributed by atoms with Crippen LogP contribution in [0.4, 0.5) is 10.5 Å². The van der Waals surface area contributed by atoms with Crippen molar-refractivity contribution in [1.29, 1.82) is 0 Å². The number of rotatable bonds is 4. The third-order valence-corrected chi connectivity index (χ3v) is 5.22. The van der Waals surface area contributed by atoms with Gasteiger partial charge in [-0.25, -0.2) is 14.8 Å². The highest BCUT2D eigenvalue weighted by Crippen LogP contribution is 2.26. The summed E-state index contributed by atoms with van der Waals surface area (Å²) in [6.45, 7) is 3.52. The highest BCUT2D eigenvalue weighted by molar-refractivity contribution is 8.00. The fourth-order valence-electron chi connectivity index (χ4n) is 2.82. The van der Waals surface area contributed by atoms with Crippen LogP contribution in [0.2, 0.25) is 0 Å². The molecule has 0 fully saturated rings. The summed E-state index contributed by atoms with van der Waals surface area (Å²) in [7, 11) is 0. The fourth-order valence-corrected chi connectivity index (χ4v) is 3.68. The number of benzene rings is 2. The predicted octanol–water partition coefficient (Wildman–Crippen LogP) is 3.41. The molecule has 1 atom stereocenters. The van der Waals surface area contributed by atoms with E-state index in [-0.39, 0.29) is 0 Å². The third-order valence-electron chi connectivity index (χ3n) is 4.18. The first-order valence-corrected chi connectivity index (χ1v) is 9.85. The number of fused-ring (bicyclic) bond motifs is 3. The molecule has 2 N–H and O–H groups in total. The van der Waals surface area contributed by atoms with E-state index in [2.05, 4.69) is 25.7 Å². The Morgan fingerprint density at radius 1 is 1.03 bits per heavy atom. The monoisotopic (exact) mass is 406 g/mol. The average Bonchev–Trinajstić information content (AvgIpc) is 3.10. The Morgan fingerprint density at radius 3 is 2.55 bits per heavy atom. The minimum Gasteiger partial charge on any atom is -0.308 e. The van der Waals surface area contributed by atoms with Gasteiger partial charge in [-0.05, 0) is 38.1 Å². The second-order valence-electron chi connectivity index (χ2n) is 6.38. The molecular weight excluding hydrogens is 388 g/mol. The summed E-state index contributed by atoms with van der Waals surface area (Å²) >= 11 is 1.21. The lowest BCUT2D eigenvalue weighted by Crippen LogP contribution is -2.39. The topological polar surface area (TPSA) is 101 Å². The van der Waals surface area contributed by atoms with Crippen molar-refractivity contribution in [2.75, 3.05) is 5.32 Å². The van der Waals surface area contributed by atoms with E-state index < -0.39 is 17.2 Å². The fraction of sp³-hybridized carbons (Fsp3) is 0.150. The van der Waals surface area contributed by atoms with E-state index >= 15 is 0 Å². The molecule has 0 radical (unpaired) electrons. The first-order valence-electron chi connectivity index (χ1n) is 8.97. The van der Waals surface area contributed by atoms with E-state index in [0.717, 1.165) is 10.9 Å². The molecule has 0 saturated carbocycles. The van der Waals surface area contributed by atoms with Crippen LogP contribution in [0.5, 0.6) is 0 Å². The maximum Gasteiger partial charge on any atom is 0.325 e. The van der Waals surface area contributed by atoms with Gasteiger partial charge in [0.1, 0.15) is 5.82 Å². The van der Waals surface area contributed by atoms with Crippen LogP contribution in [0, 0.1) is 6.92 Å². The van der Waals surface area contributed by atoms with Gasteiger partial charge >= 0.3 is 6.03 Å². The number of aryl methyl sites for hydroxylation is 1. The highest BCUT2D eigenvalue weighted by atomic mass is 32.2. The van der Waals surface area contributed by atoms with Gasteiger partial charge in [0.25, 0.3) is 0 Å². The Bertz CT molecular complexity index is 1210. The van der Waals surface area contributed by atoms with Crippen molar-refractivity contribution in [3.63, 3.8) is 0 Å². The Kier molecular flexibility index (Phi) is 5.13. The summed E-state index contributed by atoms with van der Waals surface area (Å²) in [5.41, 5.74) is 2.06. The number of aromatic nitrogens is 4. The molecule has 9 heteroatoms. The molecule has 0 saturated heterocycles. The Morgan fingerprint density at radius 2 is 1.76 bits per heavy atom. The summed E-state index contributed by atoms with van der Waals surface area (Å²) in [4.78, 5) is 33.7. The van der Waals surface area contributed by atoms with Gasteiger partial charge in [-0.15, -0.1) is 5.10 Å². The molecular formula is C20H18N6O2S. The molecule has 2 aromatic carbocycles. The van der Waals surface area contributed by atoms with E-state index in [0.29, 0.717) is 22.3 Å². The van der Waals surface area contributed by atoms with Crippen molar-refractivity contribution in [3.05, 3.63) is 60.4 Å². The molecule has 0 aliphatic rings. The van der Waals surface area contributed by atoms with Gasteiger partial charge in [-0.1, -0.05) is 42.1 Å². The molecule has 0 aliphatic carbocycles. The van der Waals surface area contributed by atoms with Crippen molar-refractivity contribution in [2.45, 2.75) is 24.3 Å². The zero-order valence-corrected chi connectivity index (χ0v) is 16.6. The quantitative estimate of drug-likeness (QED) is 0.398. The minimum absolute atomic E-state index is 0.427. The van der Waals surface area contributed by atoms with Gasteiger partial charge in [-0.3, -0.25) is 10.1 Å². The molecule has 0 spiro atoms. The number of nitrogens with one attached hydrogen (secondary N) is 2. The van der Waals surface area contributed by atoms with Gasteiger partial charge < -0.3 is 5.32 Å². The number of carbonyl (C=O) groups is 2. The van der Waals surface area contributed by atoms with Crippen LogP contribution in [0.15, 0.2) is 59.8 Å². The number of thioether (sulfide) groups is 1. The summed E-state index contributed by atoms with van der Waals surface area (Å²) in [6, 6.07) is 16.0. The van der Waals surface area contributed by atoms with E-state index in [9.17, 15) is 9.59 Å². The van der Waals surface area contributed by atoms with Crippen molar-refractivity contribution >= 4 is 45.9 Å². The van der Waals surface area contributed by atoms with Crippen molar-refractivity contribution in [3.8, 4) is 0 Å². The number of hydrogen-bond donors (Lipinski definition) is 2. The zero-order valence-electron chi connectivity index (χ0n) is 15.8. The van der Waals surface area contributed by atoms with E-state index in [1.54, 1.807) is 42.6 Å². The molecule has 2 heterocycles. The molecule has 8 nitrogen and oxygen atoms in total. The second kappa shape index (κ2) is 7.88. The van der Waals surface area contributed by atoms with Crippen molar-refractivity contribution in [2.24, 2.45) is 0 Å². The lowest BCUT2D eigenvalue weighted by molar-refractivity contribution is -0.119. The number of carbonyl (C=O) groups excluding carboxylic acids is 2. The molecule has 0 aliphatic heterocycles. The van der Waals surface area contributed by atoms with Crippen molar-refractivity contribution in [1.82, 2.24) is 24.9 Å². The van der Waals surface area contributed by atoms with Crippen LogP contribution < -0.4 is 10.6 Å². The minimum atomic E-state index is -0.582. The summed E-state index contributed by atoms with van der Waals surface area (Å²) in [6.07, 6.45) is 0. The van der Waals surface area contributed by atoms with Crippen LogP contribution in [-0.2, 0) is 4.79 Å². The molecule has 146 valence electrons. The normalized spacial score (nSPS) is 12.1. The molecule has 4 rings (SSSR count). The van der Waals surface area contributed by atoms with Crippen LogP contribution in [0.1, 0.15) is 12.7 Å². The van der Waals surface area contributed by atoms with Crippen LogP contribution >= 0.6 is 11.8 Å². The van der Waals surface area contributed by atoms with Crippen LogP contribution in [-0.4, -0.2) is 36.8 Å². The Balaban J connectivity index is 1.52. The smallest absolute Gasteiger partial charge is 0.308 e. The molecule has 2 aromatic heterocycles. The number of urea groups is 1. The van der Waals surface area contributed by atoms with E-state index in [4.69, 9.17) is 0 Å². The van der Waals surface area contributed by atoms with Crippen LogP contribution in [0.25, 0.3) is 16.6 Å². The lowest BCUT2D eigenvalue weighted by atomic mass is 10.2. The van der Waals surface area contributed by atoms with Gasteiger partial charge in [0.05, 0.1) is 10.8 Å². The summed E-state index contributed by atoms with van der Waals surface area (Å²) in [5, 5.41) is 10.2. The molecule has 0 bridgehead atoms. The number of imide groups is 1. The Hall–Kier alpha value is -3.46. The van der Waals surface area contributed by atoms with Gasteiger partial charge in [0.2, 0.25) is 5.91 Å². The standard InChI is InChI=1S/C20H18N6O2S/c1-12(18(27)24-19(28)22-14-8-4-3-5-9-14)29-20-23-16-11-7-6-10-15(16)17-21-13(2)25-26(17)20/h3-12H,1-2H3,(H2,22,24,27,28). The molecule has 3 amide bonds. The molecule has 1 unspecified atom stereocenters. The first kappa shape index (κ1) is 18.9. The lowest BCUT2D eigenvalue weighted by Gasteiger charge is -2.12. The molecule has 29 heavy (non-hydrogen) atoms. The predicted molar refractivity (Wildman–Crippen MR) is 112 cm³/mol. The van der Waals surface area contributed by atoms with Crippen LogP contribution in [0.3, 0.4) is 0 Å². The van der Waals surface area contributed by atoms with Gasteiger partial charge in [0.15, 0.2) is 10.8 Å². The number of nitrogens with zero attached hydrogens (tertiary/aromatic N) is 4. The van der Waals surface area contributed by atoms with Gasteiger partial charge in [-0.2, -0.15) is 4.52 Å². The zero-order chi connectivity index (χ0) is 20.4. The first-order chi connectivity index (χ1) is 14.0. The van der Waals surface area contributed by atoms with Crippen molar-refractivity contribution < 1.29 is 9.59 Å². The summed E-state index contributed by atoms with van der Waals surface area (Å²) in [5.74, 6) is 0.188. The van der Waals surface area contributed by atoms with E-state index in [1.165, 1.54) is 11.8 Å². The highest BCUT2D eigenvalue weighted by Gasteiger charge is 2.21. The Labute approximate surface area is 170 Å². The van der Waals surface area contributed by atoms with E-state index in [1.807, 2.05) is 30.3 Å². The average molecular weight is 406 g/mol. The summed E-state index contributed by atoms with van der Waals surface area (Å²) < 4.78 is 1.64. The molecule has 4 aromatic rings. The largest absolute Gasteiger partial charge is 0.325 e. The maximum atomic E-state index is 12.5. The maximum absolute atomic E-state index is 12.5. The van der Waals surface area contributed by atoms with Gasteiger partial charge in [0, 0.05) is 11.1 Å². The number of amides is 3.